The van der Waals surface area contributed by atoms with E-state index in [0.717, 1.165) is 30.3 Å². The van der Waals surface area contributed by atoms with Gasteiger partial charge in [-0.25, -0.2) is 4.98 Å². The predicted octanol–water partition coefficient (Wildman–Crippen LogP) is 2.63. The second-order valence-corrected chi connectivity index (χ2v) is 5.08. The number of aromatic amines is 1. The maximum atomic E-state index is 12.2. The lowest BCUT2D eigenvalue weighted by atomic mass is 9.74. The molecule has 1 heterocycles. The Bertz CT molecular complexity index is 578. The Morgan fingerprint density at radius 2 is 2.33 bits per heavy atom. The zero-order valence-corrected chi connectivity index (χ0v) is 10.5. The highest BCUT2D eigenvalue weighted by Gasteiger charge is 2.36. The average molecular weight is 243 g/mol. The minimum Gasteiger partial charge on any atom is -0.347 e. The van der Waals surface area contributed by atoms with Crippen molar-refractivity contribution < 1.29 is 4.79 Å². The van der Waals surface area contributed by atoms with Crippen LogP contribution in [0.4, 0.5) is 0 Å². The third-order valence-corrected chi connectivity index (χ3v) is 4.05. The first-order valence-corrected chi connectivity index (χ1v) is 6.48. The number of aromatic nitrogens is 2. The molecule has 0 radical (unpaired) electrons. The van der Waals surface area contributed by atoms with Gasteiger partial charge < -0.3 is 10.3 Å². The summed E-state index contributed by atoms with van der Waals surface area (Å²) in [5.74, 6) is 0.0213. The summed E-state index contributed by atoms with van der Waals surface area (Å²) in [6.45, 7) is 2.14. The van der Waals surface area contributed by atoms with Crippen molar-refractivity contribution in [2.24, 2.45) is 0 Å². The van der Waals surface area contributed by atoms with E-state index in [1.165, 1.54) is 6.42 Å². The first-order chi connectivity index (χ1) is 8.72. The molecule has 1 aromatic heterocycles. The molecule has 1 amide bonds. The molecule has 0 atom stereocenters. The van der Waals surface area contributed by atoms with E-state index < -0.39 is 0 Å². The van der Waals surface area contributed by atoms with Crippen LogP contribution in [0.2, 0.25) is 0 Å². The van der Waals surface area contributed by atoms with Crippen molar-refractivity contribution in [2.75, 3.05) is 0 Å². The van der Waals surface area contributed by atoms with Gasteiger partial charge in [-0.05, 0) is 43.9 Å². The molecule has 1 fully saturated rings. The number of hydrogen-bond donors (Lipinski definition) is 2. The second kappa shape index (κ2) is 4.12. The van der Waals surface area contributed by atoms with E-state index in [1.54, 1.807) is 6.33 Å². The van der Waals surface area contributed by atoms with Gasteiger partial charge in [0, 0.05) is 11.1 Å². The van der Waals surface area contributed by atoms with Gasteiger partial charge in [0.1, 0.15) is 0 Å². The molecule has 0 spiro atoms. The van der Waals surface area contributed by atoms with Gasteiger partial charge in [0.2, 0.25) is 0 Å². The normalized spacial score (nSPS) is 17.4. The minimum absolute atomic E-state index is 0.0213. The molecular weight excluding hydrogens is 226 g/mol. The number of nitrogens with zero attached hydrogens (tertiary/aromatic N) is 1. The fourth-order valence-electron chi connectivity index (χ4n) is 2.56. The Balaban J connectivity index is 1.83. The SMILES string of the molecule is CCC1(NC(=O)c2ccc3nc[nH]c3c2)CCC1. The van der Waals surface area contributed by atoms with Crippen LogP contribution in [0.25, 0.3) is 11.0 Å². The molecule has 4 nitrogen and oxygen atoms in total. The number of amides is 1. The molecular formula is C14H17N3O. The van der Waals surface area contributed by atoms with Crippen LogP contribution in [0.15, 0.2) is 24.5 Å². The highest BCUT2D eigenvalue weighted by molar-refractivity contribution is 5.97. The number of rotatable bonds is 3. The zero-order chi connectivity index (χ0) is 12.6. The second-order valence-electron chi connectivity index (χ2n) is 5.08. The third kappa shape index (κ3) is 1.78. The van der Waals surface area contributed by atoms with E-state index in [-0.39, 0.29) is 11.4 Å². The Kier molecular flexibility index (Phi) is 2.58. The summed E-state index contributed by atoms with van der Waals surface area (Å²) in [5, 5.41) is 3.18. The first kappa shape index (κ1) is 11.3. The molecule has 1 aliphatic carbocycles. The molecule has 2 aromatic rings. The Morgan fingerprint density at radius 3 is 3.00 bits per heavy atom. The number of fused-ring (bicyclic) bond motifs is 1. The van der Waals surface area contributed by atoms with Crippen LogP contribution in [0.1, 0.15) is 43.0 Å². The number of H-pyrrole nitrogens is 1. The van der Waals surface area contributed by atoms with Gasteiger partial charge in [-0.3, -0.25) is 4.79 Å². The highest BCUT2D eigenvalue weighted by Crippen LogP contribution is 2.34. The Labute approximate surface area is 106 Å². The number of carbonyl (C=O) groups excluding carboxylic acids is 1. The van der Waals surface area contributed by atoms with Gasteiger partial charge in [-0.1, -0.05) is 6.92 Å². The van der Waals surface area contributed by atoms with Crippen LogP contribution in [0.3, 0.4) is 0 Å². The van der Waals surface area contributed by atoms with E-state index in [1.807, 2.05) is 18.2 Å². The maximum Gasteiger partial charge on any atom is 0.251 e. The number of nitrogens with one attached hydrogen (secondary N) is 2. The number of hydrogen-bond acceptors (Lipinski definition) is 2. The molecule has 0 aliphatic heterocycles. The van der Waals surface area contributed by atoms with Crippen molar-refractivity contribution in [3.63, 3.8) is 0 Å². The van der Waals surface area contributed by atoms with E-state index >= 15 is 0 Å². The van der Waals surface area contributed by atoms with Crippen molar-refractivity contribution in [3.05, 3.63) is 30.1 Å². The fraction of sp³-hybridized carbons (Fsp3) is 0.429. The maximum absolute atomic E-state index is 12.2. The summed E-state index contributed by atoms with van der Waals surface area (Å²) in [7, 11) is 0. The topological polar surface area (TPSA) is 57.8 Å². The first-order valence-electron chi connectivity index (χ1n) is 6.48. The van der Waals surface area contributed by atoms with Crippen LogP contribution < -0.4 is 5.32 Å². The fourth-order valence-corrected chi connectivity index (χ4v) is 2.56. The smallest absolute Gasteiger partial charge is 0.251 e. The molecule has 1 aliphatic rings. The minimum atomic E-state index is 0.0213. The third-order valence-electron chi connectivity index (χ3n) is 4.05. The number of carbonyl (C=O) groups is 1. The van der Waals surface area contributed by atoms with E-state index in [0.29, 0.717) is 5.56 Å². The van der Waals surface area contributed by atoms with E-state index in [2.05, 4.69) is 22.2 Å². The largest absolute Gasteiger partial charge is 0.347 e. The van der Waals surface area contributed by atoms with Crippen LogP contribution in [0.5, 0.6) is 0 Å². The van der Waals surface area contributed by atoms with Crippen LogP contribution in [-0.4, -0.2) is 21.4 Å². The lowest BCUT2D eigenvalue weighted by molar-refractivity contribution is 0.0820. The van der Waals surface area contributed by atoms with Gasteiger partial charge in [0.15, 0.2) is 0 Å². The number of imidazole rings is 1. The average Bonchev–Trinajstić information content (AvgIpc) is 2.80. The zero-order valence-electron chi connectivity index (χ0n) is 10.5. The van der Waals surface area contributed by atoms with Crippen molar-refractivity contribution in [1.29, 1.82) is 0 Å². The summed E-state index contributed by atoms with van der Waals surface area (Å²) in [5.41, 5.74) is 2.54. The van der Waals surface area contributed by atoms with Crippen LogP contribution in [0, 0.1) is 0 Å². The van der Waals surface area contributed by atoms with Gasteiger partial charge in [-0.15, -0.1) is 0 Å². The molecule has 18 heavy (non-hydrogen) atoms. The summed E-state index contributed by atoms with van der Waals surface area (Å²) >= 11 is 0. The van der Waals surface area contributed by atoms with E-state index in [4.69, 9.17) is 0 Å². The van der Waals surface area contributed by atoms with Gasteiger partial charge in [0.25, 0.3) is 5.91 Å². The molecule has 3 rings (SSSR count). The Morgan fingerprint density at radius 1 is 1.50 bits per heavy atom. The lowest BCUT2D eigenvalue weighted by Gasteiger charge is -2.42. The quantitative estimate of drug-likeness (QED) is 0.870. The monoisotopic (exact) mass is 243 g/mol. The summed E-state index contributed by atoms with van der Waals surface area (Å²) < 4.78 is 0. The molecule has 1 saturated carbocycles. The number of benzene rings is 1. The Hall–Kier alpha value is -1.84. The van der Waals surface area contributed by atoms with Gasteiger partial charge in [-0.2, -0.15) is 0 Å². The van der Waals surface area contributed by atoms with E-state index in [9.17, 15) is 4.79 Å². The standard InChI is InChI=1S/C14H17N3O/c1-2-14(6-3-7-14)17-13(18)10-4-5-11-12(8-10)16-9-15-11/h4-5,8-9H,2-3,6-7H2,1H3,(H,15,16)(H,17,18). The predicted molar refractivity (Wildman–Crippen MR) is 70.4 cm³/mol. The summed E-state index contributed by atoms with van der Waals surface area (Å²) in [6.07, 6.45) is 6.06. The molecule has 2 N–H and O–H groups in total. The molecule has 1 aromatic carbocycles. The molecule has 94 valence electrons. The van der Waals surface area contributed by atoms with Crippen molar-refractivity contribution in [3.8, 4) is 0 Å². The van der Waals surface area contributed by atoms with Gasteiger partial charge >= 0.3 is 0 Å². The lowest BCUT2D eigenvalue weighted by Crippen LogP contribution is -2.52. The summed E-state index contributed by atoms with van der Waals surface area (Å²) in [4.78, 5) is 19.4. The molecule has 0 saturated heterocycles. The van der Waals surface area contributed by atoms with Crippen molar-refractivity contribution >= 4 is 16.9 Å². The highest BCUT2D eigenvalue weighted by atomic mass is 16.1. The molecule has 4 heteroatoms. The summed E-state index contributed by atoms with van der Waals surface area (Å²) in [6, 6.07) is 5.57. The van der Waals surface area contributed by atoms with Crippen LogP contribution >= 0.6 is 0 Å². The van der Waals surface area contributed by atoms with Gasteiger partial charge in [0.05, 0.1) is 17.4 Å². The molecule has 0 unspecified atom stereocenters. The van der Waals surface area contributed by atoms with Crippen molar-refractivity contribution in [1.82, 2.24) is 15.3 Å². The van der Waals surface area contributed by atoms with Crippen molar-refractivity contribution in [2.45, 2.75) is 38.1 Å². The molecule has 0 bridgehead atoms. The van der Waals surface area contributed by atoms with Crippen LogP contribution in [-0.2, 0) is 0 Å².